The Balaban J connectivity index is 0.000000825. The van der Waals surface area contributed by atoms with Crippen LogP contribution in [-0.4, -0.2) is 100.0 Å². The number of fused-ring (bicyclic) bond motifs is 1. The molecular formula is C30H42ClN5O10. The van der Waals surface area contributed by atoms with Crippen LogP contribution in [0.2, 0.25) is 5.15 Å². The average molecular weight is 668 g/mol. The predicted octanol–water partition coefficient (Wildman–Crippen LogP) is 5.71. The fourth-order valence-electron chi connectivity index (χ4n) is 5.15. The predicted molar refractivity (Wildman–Crippen MR) is 168 cm³/mol. The zero-order chi connectivity index (χ0) is 35.2. The number of methoxy groups -OCH3 is 1. The van der Waals surface area contributed by atoms with Crippen LogP contribution in [0.5, 0.6) is 5.75 Å². The van der Waals surface area contributed by atoms with Crippen molar-refractivity contribution < 1.29 is 49.0 Å². The maximum atomic E-state index is 13.8. The molecule has 1 aliphatic heterocycles. The molecule has 16 heteroatoms. The highest BCUT2D eigenvalue weighted by Crippen LogP contribution is 2.32. The Kier molecular flexibility index (Phi) is 12.3. The number of hydrogen-bond donors (Lipinski definition) is 4. The van der Waals surface area contributed by atoms with Gasteiger partial charge in [0.25, 0.3) is 5.91 Å². The third-order valence-corrected chi connectivity index (χ3v) is 6.61. The second-order valence-corrected chi connectivity index (χ2v) is 13.0. The number of carbonyl (C=O) groups excluding carboxylic acids is 1. The number of rotatable bonds is 6. The van der Waals surface area contributed by atoms with E-state index in [1.165, 1.54) is 0 Å². The Labute approximate surface area is 271 Å². The molecule has 46 heavy (non-hydrogen) atoms. The first-order valence-electron chi connectivity index (χ1n) is 14.1. The zero-order valence-electron chi connectivity index (χ0n) is 27.4. The highest BCUT2D eigenvalue weighted by atomic mass is 35.5. The standard InChI is InChI=1S/C28H38ClN5O4.2CH2O3/c1-26(2,3)34(27(4,5)6)25(35)23-30-22(29)21-20(14-19-16-37-28(7,8)38-19)32-33(24(21)31-23)15-17-10-12-18(36-9)13-11-17;2*2-1(3)4/h10-13,19H,14-16H2,1-9H3;2*(H2,2,3,4). The van der Waals surface area contributed by atoms with Gasteiger partial charge in [-0.05, 0) is 73.1 Å². The molecule has 1 unspecified atom stereocenters. The average Bonchev–Trinajstić information content (AvgIpc) is 3.40. The van der Waals surface area contributed by atoms with Gasteiger partial charge in [0.1, 0.15) is 10.9 Å². The SMILES string of the molecule is COc1ccc(Cn2nc(CC3COC(C)(C)O3)c3c(Cl)nc(C(=O)N(C(C)(C)C)C(C)(C)C)nc32)cc1.O=C(O)O.O=C(O)O. The van der Waals surface area contributed by atoms with Gasteiger partial charge in [0.15, 0.2) is 11.4 Å². The Bertz CT molecular complexity index is 1490. The quantitative estimate of drug-likeness (QED) is 0.232. The van der Waals surface area contributed by atoms with E-state index < -0.39 is 29.2 Å². The number of amides is 1. The second-order valence-electron chi connectivity index (χ2n) is 12.7. The lowest BCUT2D eigenvalue weighted by Gasteiger charge is -2.45. The summed E-state index contributed by atoms with van der Waals surface area (Å²) in [5.74, 6) is -0.142. The number of nitrogens with zero attached hydrogens (tertiary/aromatic N) is 5. The first-order valence-corrected chi connectivity index (χ1v) is 14.5. The molecule has 15 nitrogen and oxygen atoms in total. The molecule has 254 valence electrons. The molecule has 1 aromatic carbocycles. The van der Waals surface area contributed by atoms with Gasteiger partial charge in [-0.2, -0.15) is 5.10 Å². The summed E-state index contributed by atoms with van der Waals surface area (Å²) in [6.45, 7) is 16.6. The molecule has 0 saturated carbocycles. The summed E-state index contributed by atoms with van der Waals surface area (Å²) in [4.78, 5) is 41.9. The van der Waals surface area contributed by atoms with Crippen molar-refractivity contribution in [3.05, 3.63) is 46.5 Å². The third kappa shape index (κ3) is 10.7. The van der Waals surface area contributed by atoms with Crippen molar-refractivity contribution in [1.29, 1.82) is 0 Å². The summed E-state index contributed by atoms with van der Waals surface area (Å²) in [5, 5.41) is 33.6. The van der Waals surface area contributed by atoms with Crippen LogP contribution in [0.1, 0.15) is 77.3 Å². The zero-order valence-corrected chi connectivity index (χ0v) is 28.1. The number of hydrogen-bond acceptors (Lipinski definition) is 9. The van der Waals surface area contributed by atoms with E-state index in [1.54, 1.807) is 16.7 Å². The number of benzene rings is 1. The smallest absolute Gasteiger partial charge is 0.497 e. The largest absolute Gasteiger partial charge is 0.503 e. The Morgan fingerprint density at radius 1 is 1.00 bits per heavy atom. The molecule has 4 rings (SSSR count). The van der Waals surface area contributed by atoms with E-state index in [4.69, 9.17) is 65.9 Å². The number of aromatic nitrogens is 4. The summed E-state index contributed by atoms with van der Waals surface area (Å²) >= 11 is 6.78. The first-order chi connectivity index (χ1) is 21.1. The van der Waals surface area contributed by atoms with Crippen molar-refractivity contribution in [3.63, 3.8) is 0 Å². The van der Waals surface area contributed by atoms with Crippen LogP contribution in [0, 0.1) is 0 Å². The van der Waals surface area contributed by atoms with Crippen LogP contribution in [0.15, 0.2) is 24.3 Å². The minimum absolute atomic E-state index is 0.0383. The molecule has 2 aromatic heterocycles. The highest BCUT2D eigenvalue weighted by Gasteiger charge is 2.38. The van der Waals surface area contributed by atoms with Crippen LogP contribution in [0.4, 0.5) is 9.59 Å². The molecule has 1 saturated heterocycles. The van der Waals surface area contributed by atoms with Gasteiger partial charge < -0.3 is 39.5 Å². The van der Waals surface area contributed by atoms with Crippen molar-refractivity contribution >= 4 is 40.9 Å². The summed E-state index contributed by atoms with van der Waals surface area (Å²) in [7, 11) is 1.63. The lowest BCUT2D eigenvalue weighted by atomic mass is 9.95. The van der Waals surface area contributed by atoms with E-state index >= 15 is 0 Å². The summed E-state index contributed by atoms with van der Waals surface area (Å²) < 4.78 is 18.8. The molecule has 0 radical (unpaired) electrons. The van der Waals surface area contributed by atoms with Crippen molar-refractivity contribution in [3.8, 4) is 5.75 Å². The van der Waals surface area contributed by atoms with Gasteiger partial charge in [-0.25, -0.2) is 24.2 Å². The van der Waals surface area contributed by atoms with E-state index in [1.807, 2.05) is 79.7 Å². The maximum absolute atomic E-state index is 13.8. The Morgan fingerprint density at radius 3 is 1.96 bits per heavy atom. The second kappa shape index (κ2) is 14.9. The number of halogens is 1. The van der Waals surface area contributed by atoms with Gasteiger partial charge in [-0.1, -0.05) is 23.7 Å². The van der Waals surface area contributed by atoms with E-state index in [0.29, 0.717) is 36.3 Å². The summed E-state index contributed by atoms with van der Waals surface area (Å²) in [5.41, 5.74) is 1.28. The Morgan fingerprint density at radius 2 is 1.52 bits per heavy atom. The highest BCUT2D eigenvalue weighted by molar-refractivity contribution is 6.34. The molecule has 4 N–H and O–H groups in total. The van der Waals surface area contributed by atoms with Crippen LogP contribution in [-0.2, 0) is 22.4 Å². The van der Waals surface area contributed by atoms with Gasteiger partial charge in [-0.15, -0.1) is 0 Å². The minimum Gasteiger partial charge on any atom is -0.497 e. The lowest BCUT2D eigenvalue weighted by molar-refractivity contribution is -0.138. The normalized spacial score (nSPS) is 15.7. The first kappa shape index (κ1) is 38.0. The third-order valence-electron chi connectivity index (χ3n) is 6.34. The van der Waals surface area contributed by atoms with Gasteiger partial charge in [0.05, 0.1) is 37.4 Å². The van der Waals surface area contributed by atoms with E-state index in [2.05, 4.69) is 4.98 Å². The molecule has 0 bridgehead atoms. The summed E-state index contributed by atoms with van der Waals surface area (Å²) in [6.07, 6.45) is -3.38. The van der Waals surface area contributed by atoms with Crippen molar-refractivity contribution in [2.24, 2.45) is 0 Å². The fourth-order valence-corrected chi connectivity index (χ4v) is 5.42. The molecule has 3 heterocycles. The van der Waals surface area contributed by atoms with E-state index in [-0.39, 0.29) is 23.0 Å². The summed E-state index contributed by atoms with van der Waals surface area (Å²) in [6, 6.07) is 7.74. The van der Waals surface area contributed by atoms with E-state index in [9.17, 15) is 4.79 Å². The van der Waals surface area contributed by atoms with Crippen molar-refractivity contribution in [2.45, 2.75) is 91.3 Å². The van der Waals surface area contributed by atoms with Gasteiger partial charge >= 0.3 is 12.3 Å². The molecule has 1 amide bonds. The molecule has 0 aliphatic carbocycles. The molecule has 0 spiro atoms. The lowest BCUT2D eigenvalue weighted by Crippen LogP contribution is -2.56. The van der Waals surface area contributed by atoms with E-state index in [0.717, 1.165) is 11.3 Å². The maximum Gasteiger partial charge on any atom is 0.503 e. The fraction of sp³-hybridized carbons (Fsp3) is 0.533. The van der Waals surface area contributed by atoms with Crippen LogP contribution >= 0.6 is 11.6 Å². The molecule has 3 aromatic rings. The van der Waals surface area contributed by atoms with Gasteiger partial charge in [0, 0.05) is 17.5 Å². The van der Waals surface area contributed by atoms with Crippen LogP contribution < -0.4 is 4.74 Å². The van der Waals surface area contributed by atoms with Crippen molar-refractivity contribution in [2.75, 3.05) is 13.7 Å². The topological polar surface area (TPSA) is 207 Å². The van der Waals surface area contributed by atoms with Gasteiger partial charge in [-0.3, -0.25) is 4.79 Å². The van der Waals surface area contributed by atoms with Crippen LogP contribution in [0.25, 0.3) is 11.0 Å². The number of ether oxygens (including phenoxy) is 3. The van der Waals surface area contributed by atoms with Crippen molar-refractivity contribution in [1.82, 2.24) is 24.6 Å². The molecule has 1 atom stereocenters. The minimum atomic E-state index is -1.83. The molecular weight excluding hydrogens is 626 g/mol. The molecule has 1 fully saturated rings. The number of carboxylic acid groups (broad SMARTS) is 4. The molecule has 1 aliphatic rings. The monoisotopic (exact) mass is 667 g/mol. The van der Waals surface area contributed by atoms with Crippen LogP contribution in [0.3, 0.4) is 0 Å². The number of carbonyl (C=O) groups is 3. The Hall–Kier alpha value is -4.21. The van der Waals surface area contributed by atoms with Gasteiger partial charge in [0.2, 0.25) is 5.82 Å².